The zero-order valence-corrected chi connectivity index (χ0v) is 16.6. The molecule has 28 heavy (non-hydrogen) atoms. The first-order valence-electron chi connectivity index (χ1n) is 9.70. The fourth-order valence-corrected chi connectivity index (χ4v) is 3.05. The van der Waals surface area contributed by atoms with E-state index in [4.69, 9.17) is 4.98 Å². The van der Waals surface area contributed by atoms with Crippen molar-refractivity contribution in [1.82, 2.24) is 19.7 Å². The first-order valence-corrected chi connectivity index (χ1v) is 9.70. The quantitative estimate of drug-likeness (QED) is 0.622. The molecule has 0 saturated heterocycles. The molecule has 0 unspecified atom stereocenters. The zero-order chi connectivity index (χ0) is 20.1. The Morgan fingerprint density at radius 1 is 1.18 bits per heavy atom. The van der Waals surface area contributed by atoms with Gasteiger partial charge in [0.25, 0.3) is 0 Å². The number of pyridine rings is 1. The van der Waals surface area contributed by atoms with Crippen LogP contribution in [0.4, 0.5) is 0 Å². The van der Waals surface area contributed by atoms with Crippen molar-refractivity contribution in [3.05, 3.63) is 65.5 Å². The van der Waals surface area contributed by atoms with Crippen LogP contribution in [-0.2, 0) is 13.0 Å². The van der Waals surface area contributed by atoms with E-state index in [0.29, 0.717) is 17.9 Å². The average Bonchev–Trinajstić information content (AvgIpc) is 3.10. The van der Waals surface area contributed by atoms with E-state index >= 15 is 0 Å². The summed E-state index contributed by atoms with van der Waals surface area (Å²) in [6.45, 7) is 7.25. The van der Waals surface area contributed by atoms with Gasteiger partial charge in [-0.25, -0.2) is 19.4 Å². The second kappa shape index (κ2) is 8.78. The van der Waals surface area contributed by atoms with Crippen molar-refractivity contribution in [2.24, 2.45) is 0 Å². The molecular formula is C22H26N4O2. The molecule has 1 aromatic carbocycles. The first kappa shape index (κ1) is 19.7. The molecule has 146 valence electrons. The van der Waals surface area contributed by atoms with Gasteiger partial charge < -0.3 is 5.11 Å². The van der Waals surface area contributed by atoms with E-state index in [9.17, 15) is 9.90 Å². The lowest BCUT2D eigenvalue weighted by Gasteiger charge is -2.08. The molecule has 6 nitrogen and oxygen atoms in total. The lowest BCUT2D eigenvalue weighted by molar-refractivity contribution is 0.0691. The van der Waals surface area contributed by atoms with Crippen LogP contribution in [0.15, 0.2) is 42.6 Å². The number of carboxylic acids is 1. The molecule has 3 rings (SSSR count). The largest absolute Gasteiger partial charge is 0.476 e. The van der Waals surface area contributed by atoms with Crippen molar-refractivity contribution >= 4 is 5.97 Å². The smallest absolute Gasteiger partial charge is 0.355 e. The van der Waals surface area contributed by atoms with Crippen LogP contribution in [0.5, 0.6) is 0 Å². The molecule has 2 heterocycles. The maximum absolute atomic E-state index is 11.4. The normalized spacial score (nSPS) is 11.1. The molecule has 0 saturated carbocycles. The van der Waals surface area contributed by atoms with Gasteiger partial charge in [-0.3, -0.25) is 0 Å². The molecule has 0 bridgehead atoms. The van der Waals surface area contributed by atoms with E-state index in [1.165, 1.54) is 6.20 Å². The number of carboxylic acid groups (broad SMARTS) is 1. The Morgan fingerprint density at radius 2 is 1.93 bits per heavy atom. The molecule has 1 N–H and O–H groups in total. The molecule has 0 aliphatic carbocycles. The Labute approximate surface area is 165 Å². The van der Waals surface area contributed by atoms with E-state index in [1.54, 1.807) is 12.1 Å². The van der Waals surface area contributed by atoms with Crippen LogP contribution < -0.4 is 0 Å². The van der Waals surface area contributed by atoms with Gasteiger partial charge in [0.1, 0.15) is 5.82 Å². The minimum absolute atomic E-state index is 0.0659. The van der Waals surface area contributed by atoms with E-state index in [1.807, 2.05) is 28.9 Å². The van der Waals surface area contributed by atoms with Gasteiger partial charge in [-0.1, -0.05) is 57.5 Å². The summed E-state index contributed by atoms with van der Waals surface area (Å²) in [7, 11) is 0. The zero-order valence-electron chi connectivity index (χ0n) is 16.6. The van der Waals surface area contributed by atoms with Crippen LogP contribution in [0.25, 0.3) is 11.1 Å². The third-order valence-corrected chi connectivity index (χ3v) is 4.64. The summed E-state index contributed by atoms with van der Waals surface area (Å²) >= 11 is 0. The highest BCUT2D eigenvalue weighted by atomic mass is 16.4. The number of hydrogen-bond acceptors (Lipinski definition) is 4. The van der Waals surface area contributed by atoms with Gasteiger partial charge in [0.2, 0.25) is 0 Å². The minimum atomic E-state index is -1.02. The summed E-state index contributed by atoms with van der Waals surface area (Å²) in [4.78, 5) is 20.1. The number of unbranched alkanes of at least 4 members (excludes halogenated alkanes) is 1. The second-order valence-electron chi connectivity index (χ2n) is 7.20. The highest BCUT2D eigenvalue weighted by Gasteiger charge is 2.15. The van der Waals surface area contributed by atoms with Gasteiger partial charge in [0.15, 0.2) is 11.5 Å². The molecule has 0 amide bonds. The molecule has 0 aliphatic heterocycles. The minimum Gasteiger partial charge on any atom is -0.476 e. The van der Waals surface area contributed by atoms with Gasteiger partial charge in [-0.05, 0) is 23.6 Å². The summed E-state index contributed by atoms with van der Waals surface area (Å²) in [5, 5.41) is 14.0. The van der Waals surface area contributed by atoms with Crippen molar-refractivity contribution in [2.45, 2.75) is 52.5 Å². The predicted molar refractivity (Wildman–Crippen MR) is 108 cm³/mol. The van der Waals surface area contributed by atoms with Gasteiger partial charge in [0.05, 0.1) is 0 Å². The highest BCUT2D eigenvalue weighted by molar-refractivity contribution is 5.93. The summed E-state index contributed by atoms with van der Waals surface area (Å²) in [5.41, 5.74) is 2.64. The van der Waals surface area contributed by atoms with Crippen molar-refractivity contribution in [2.75, 3.05) is 0 Å². The predicted octanol–water partition coefficient (Wildman–Crippen LogP) is 4.55. The number of aromatic nitrogens is 4. The number of carbonyl (C=O) groups is 1. The summed E-state index contributed by atoms with van der Waals surface area (Å²) < 4.78 is 2.02. The van der Waals surface area contributed by atoms with E-state index in [0.717, 1.165) is 42.2 Å². The van der Waals surface area contributed by atoms with Crippen LogP contribution >= 0.6 is 0 Å². The molecule has 6 heteroatoms. The molecular weight excluding hydrogens is 352 g/mol. The van der Waals surface area contributed by atoms with Gasteiger partial charge in [0, 0.05) is 30.6 Å². The Hall–Kier alpha value is -3.02. The number of nitrogens with zero attached hydrogens (tertiary/aromatic N) is 4. The highest BCUT2D eigenvalue weighted by Crippen LogP contribution is 2.23. The Kier molecular flexibility index (Phi) is 6.19. The van der Waals surface area contributed by atoms with Crippen LogP contribution in [0.2, 0.25) is 0 Å². The summed E-state index contributed by atoms with van der Waals surface area (Å²) in [5.74, 6) is 1.12. The fraction of sp³-hybridized carbons (Fsp3) is 0.364. The Bertz CT molecular complexity index is 945. The Morgan fingerprint density at radius 3 is 2.57 bits per heavy atom. The van der Waals surface area contributed by atoms with Crippen LogP contribution in [0.3, 0.4) is 0 Å². The molecule has 3 aromatic rings. The fourth-order valence-electron chi connectivity index (χ4n) is 3.05. The third-order valence-electron chi connectivity index (χ3n) is 4.64. The maximum Gasteiger partial charge on any atom is 0.355 e. The van der Waals surface area contributed by atoms with Crippen LogP contribution in [-0.4, -0.2) is 30.8 Å². The Balaban J connectivity index is 1.84. The summed E-state index contributed by atoms with van der Waals surface area (Å²) in [6.07, 6.45) is 4.38. The van der Waals surface area contributed by atoms with Crippen LogP contribution in [0, 0.1) is 0 Å². The number of hydrogen-bond donors (Lipinski definition) is 1. The number of aromatic carboxylic acids is 1. The SMILES string of the molecule is CCCCn1nc(C(C)C)nc1Cc1ccc(-c2cccnc2C(=O)O)cc1. The van der Waals surface area contributed by atoms with Gasteiger partial charge in [-0.2, -0.15) is 5.10 Å². The molecule has 0 aliphatic rings. The lowest BCUT2D eigenvalue weighted by atomic mass is 10.0. The second-order valence-corrected chi connectivity index (χ2v) is 7.20. The van der Waals surface area contributed by atoms with E-state index in [-0.39, 0.29) is 5.69 Å². The van der Waals surface area contributed by atoms with Crippen LogP contribution in [0.1, 0.15) is 67.2 Å². The van der Waals surface area contributed by atoms with Gasteiger partial charge >= 0.3 is 5.97 Å². The van der Waals surface area contributed by atoms with E-state index < -0.39 is 5.97 Å². The number of rotatable bonds is 8. The van der Waals surface area contributed by atoms with Gasteiger partial charge in [-0.15, -0.1) is 0 Å². The lowest BCUT2D eigenvalue weighted by Crippen LogP contribution is -2.06. The monoisotopic (exact) mass is 378 g/mol. The number of aryl methyl sites for hydroxylation is 1. The average molecular weight is 378 g/mol. The van der Waals surface area contributed by atoms with Crippen molar-refractivity contribution < 1.29 is 9.90 Å². The van der Waals surface area contributed by atoms with Crippen molar-refractivity contribution in [3.63, 3.8) is 0 Å². The van der Waals surface area contributed by atoms with E-state index in [2.05, 4.69) is 30.9 Å². The molecule has 0 atom stereocenters. The third kappa shape index (κ3) is 4.44. The topological polar surface area (TPSA) is 80.9 Å². The molecule has 2 aromatic heterocycles. The maximum atomic E-state index is 11.4. The molecule has 0 fully saturated rings. The summed E-state index contributed by atoms with van der Waals surface area (Å²) in [6, 6.07) is 11.4. The van der Waals surface area contributed by atoms with Crippen molar-refractivity contribution in [1.29, 1.82) is 0 Å². The molecule has 0 spiro atoms. The first-order chi connectivity index (χ1) is 13.5. The standard InChI is InChI=1S/C22H26N4O2/c1-4-5-13-26-19(24-21(25-26)15(2)3)14-16-8-10-17(11-9-16)18-7-6-12-23-20(18)22(27)28/h6-12,15H,4-5,13-14H2,1-3H3,(H,27,28). The van der Waals surface area contributed by atoms with Crippen molar-refractivity contribution in [3.8, 4) is 11.1 Å². The molecule has 0 radical (unpaired) electrons. The number of benzene rings is 1.